The van der Waals surface area contributed by atoms with Crippen molar-refractivity contribution in [3.8, 4) is 28.7 Å². The highest BCUT2D eigenvalue weighted by Gasteiger charge is 2.18. The van der Waals surface area contributed by atoms with Crippen LogP contribution >= 0.6 is 11.6 Å². The first-order valence-corrected chi connectivity index (χ1v) is 10.9. The van der Waals surface area contributed by atoms with Crippen molar-refractivity contribution in [3.63, 3.8) is 0 Å². The Kier molecular flexibility index (Phi) is 6.04. The molecular formula is C26H21ClO7. The molecule has 2 heterocycles. The number of benzene rings is 3. The molecule has 0 radical (unpaired) electrons. The number of para-hydroxylation sites is 2. The average Bonchev–Trinajstić information content (AvgIpc) is 2.85. The van der Waals surface area contributed by atoms with Crippen molar-refractivity contribution in [2.24, 2.45) is 0 Å². The Labute approximate surface area is 200 Å². The molecule has 4 aromatic rings. The molecule has 0 spiro atoms. The van der Waals surface area contributed by atoms with Crippen molar-refractivity contribution < 1.29 is 28.1 Å². The molecule has 0 fully saturated rings. The Morgan fingerprint density at radius 3 is 2.71 bits per heavy atom. The van der Waals surface area contributed by atoms with Crippen molar-refractivity contribution in [1.29, 1.82) is 0 Å². The lowest BCUT2D eigenvalue weighted by Gasteiger charge is -2.21. The highest BCUT2D eigenvalue weighted by molar-refractivity contribution is 6.30. The minimum atomic E-state index is -0.284. The zero-order valence-electron chi connectivity index (χ0n) is 18.6. The van der Waals surface area contributed by atoms with E-state index in [4.69, 9.17) is 39.7 Å². The minimum absolute atomic E-state index is 0.107. The lowest BCUT2D eigenvalue weighted by Crippen LogP contribution is -2.14. The lowest BCUT2D eigenvalue weighted by atomic mass is 10.1. The van der Waals surface area contributed by atoms with Gasteiger partial charge in [-0.3, -0.25) is 4.79 Å². The van der Waals surface area contributed by atoms with Crippen LogP contribution in [0.4, 0.5) is 0 Å². The number of fused-ring (bicyclic) bond motifs is 2. The molecule has 0 unspecified atom stereocenters. The van der Waals surface area contributed by atoms with E-state index in [1.165, 1.54) is 0 Å². The van der Waals surface area contributed by atoms with E-state index in [-0.39, 0.29) is 24.6 Å². The summed E-state index contributed by atoms with van der Waals surface area (Å²) in [5.74, 6) is 2.65. The Morgan fingerprint density at radius 1 is 1.06 bits per heavy atom. The first-order valence-electron chi connectivity index (χ1n) is 10.6. The normalized spacial score (nSPS) is 12.7. The number of aryl methyl sites for hydroxylation is 1. The van der Waals surface area contributed by atoms with Gasteiger partial charge in [-0.25, -0.2) is 0 Å². The number of hydrogen-bond donors (Lipinski definition) is 0. The van der Waals surface area contributed by atoms with Gasteiger partial charge < -0.3 is 28.1 Å². The van der Waals surface area contributed by atoms with Crippen LogP contribution in [0.1, 0.15) is 16.9 Å². The van der Waals surface area contributed by atoms with Gasteiger partial charge in [0.2, 0.25) is 11.2 Å². The number of methoxy groups -OCH3 is 1. The molecule has 0 saturated heterocycles. The third-order valence-corrected chi connectivity index (χ3v) is 5.63. The molecule has 1 aliphatic heterocycles. The predicted molar refractivity (Wildman–Crippen MR) is 126 cm³/mol. The van der Waals surface area contributed by atoms with E-state index in [0.717, 1.165) is 16.9 Å². The standard InChI is InChI=1S/C26H21ClO7/c1-15-25(34-22-6-4-3-5-21(22)29-2)24(28)20-8-7-19(11-23(20)33-15)31-13-17-10-18(27)9-16-12-30-14-32-26(16)17/h3-11H,12-14H2,1-2H3. The summed E-state index contributed by atoms with van der Waals surface area (Å²) in [5, 5.41) is 0.956. The van der Waals surface area contributed by atoms with E-state index < -0.39 is 0 Å². The Hall–Kier alpha value is -3.68. The van der Waals surface area contributed by atoms with E-state index >= 15 is 0 Å². The van der Waals surface area contributed by atoms with Crippen LogP contribution in [0, 0.1) is 6.92 Å². The fourth-order valence-electron chi connectivity index (χ4n) is 3.81. The number of rotatable bonds is 6. The molecule has 7 nitrogen and oxygen atoms in total. The van der Waals surface area contributed by atoms with E-state index in [9.17, 15) is 4.79 Å². The smallest absolute Gasteiger partial charge is 0.235 e. The first kappa shape index (κ1) is 22.1. The maximum absolute atomic E-state index is 13.1. The van der Waals surface area contributed by atoms with Crippen molar-refractivity contribution in [2.45, 2.75) is 20.1 Å². The number of ether oxygens (including phenoxy) is 5. The summed E-state index contributed by atoms with van der Waals surface area (Å²) in [5.41, 5.74) is 1.79. The molecule has 0 N–H and O–H groups in total. The van der Waals surface area contributed by atoms with E-state index in [1.807, 2.05) is 12.1 Å². The molecule has 0 aliphatic carbocycles. The first-order chi connectivity index (χ1) is 16.5. The Balaban J connectivity index is 1.42. The maximum Gasteiger partial charge on any atom is 0.235 e. The van der Waals surface area contributed by atoms with Gasteiger partial charge in [-0.05, 0) is 43.3 Å². The molecule has 0 bridgehead atoms. The fraction of sp³-hybridized carbons (Fsp3) is 0.192. The Bertz CT molecular complexity index is 1430. The monoisotopic (exact) mass is 480 g/mol. The van der Waals surface area contributed by atoms with Crippen molar-refractivity contribution >= 4 is 22.6 Å². The molecule has 8 heteroatoms. The van der Waals surface area contributed by atoms with Crippen LogP contribution in [0.15, 0.2) is 63.8 Å². The molecule has 1 aliphatic rings. The topological polar surface area (TPSA) is 76.4 Å². The quantitative estimate of drug-likeness (QED) is 0.335. The van der Waals surface area contributed by atoms with Crippen molar-refractivity contribution in [2.75, 3.05) is 13.9 Å². The second kappa shape index (κ2) is 9.29. The molecule has 3 aromatic carbocycles. The summed E-state index contributed by atoms with van der Waals surface area (Å²) in [7, 11) is 1.54. The fourth-order valence-corrected chi connectivity index (χ4v) is 4.08. The SMILES string of the molecule is COc1ccccc1Oc1c(C)oc2cc(OCc3cc(Cl)cc4c3OCOC4)ccc2c1=O. The third-order valence-electron chi connectivity index (χ3n) is 5.41. The highest BCUT2D eigenvalue weighted by Crippen LogP contribution is 2.34. The van der Waals surface area contributed by atoms with Gasteiger partial charge in [-0.1, -0.05) is 23.7 Å². The second-order valence-electron chi connectivity index (χ2n) is 7.68. The number of halogens is 1. The van der Waals surface area contributed by atoms with Gasteiger partial charge in [0.15, 0.2) is 18.3 Å². The molecule has 174 valence electrons. The zero-order chi connectivity index (χ0) is 23.7. The average molecular weight is 481 g/mol. The number of hydrogen-bond acceptors (Lipinski definition) is 7. The summed E-state index contributed by atoms with van der Waals surface area (Å²) in [6, 6.07) is 15.8. The third kappa shape index (κ3) is 4.27. The van der Waals surface area contributed by atoms with Gasteiger partial charge in [0.05, 0.1) is 19.1 Å². The van der Waals surface area contributed by atoms with Crippen molar-refractivity contribution in [3.05, 3.63) is 86.7 Å². The molecule has 0 saturated carbocycles. The van der Waals surface area contributed by atoms with Crippen LogP contribution in [-0.2, 0) is 18.0 Å². The zero-order valence-corrected chi connectivity index (χ0v) is 19.3. The van der Waals surface area contributed by atoms with Crippen LogP contribution in [-0.4, -0.2) is 13.9 Å². The summed E-state index contributed by atoms with van der Waals surface area (Å²) in [4.78, 5) is 13.1. The van der Waals surface area contributed by atoms with Gasteiger partial charge >= 0.3 is 0 Å². The predicted octanol–water partition coefficient (Wildman–Crippen LogP) is 6.00. The minimum Gasteiger partial charge on any atom is -0.493 e. The summed E-state index contributed by atoms with van der Waals surface area (Å²) >= 11 is 6.23. The second-order valence-corrected chi connectivity index (χ2v) is 8.12. The molecular weight excluding hydrogens is 460 g/mol. The van der Waals surface area contributed by atoms with E-state index in [1.54, 1.807) is 56.5 Å². The van der Waals surface area contributed by atoms with Crippen LogP contribution in [0.2, 0.25) is 5.02 Å². The van der Waals surface area contributed by atoms with Gasteiger partial charge in [-0.2, -0.15) is 0 Å². The van der Waals surface area contributed by atoms with Gasteiger partial charge in [-0.15, -0.1) is 0 Å². The molecule has 1 aromatic heterocycles. The van der Waals surface area contributed by atoms with Crippen LogP contribution in [0.3, 0.4) is 0 Å². The van der Waals surface area contributed by atoms with Gasteiger partial charge in [0.25, 0.3) is 0 Å². The van der Waals surface area contributed by atoms with Crippen LogP contribution in [0.25, 0.3) is 11.0 Å². The molecule has 34 heavy (non-hydrogen) atoms. The van der Waals surface area contributed by atoms with Crippen LogP contribution < -0.4 is 24.4 Å². The van der Waals surface area contributed by atoms with Crippen molar-refractivity contribution in [1.82, 2.24) is 0 Å². The largest absolute Gasteiger partial charge is 0.493 e. The lowest BCUT2D eigenvalue weighted by molar-refractivity contribution is -0.0175. The molecule has 0 atom stereocenters. The summed E-state index contributed by atoms with van der Waals surface area (Å²) in [6.45, 7) is 2.52. The summed E-state index contributed by atoms with van der Waals surface area (Å²) < 4.78 is 34.0. The van der Waals surface area contributed by atoms with Gasteiger partial charge in [0, 0.05) is 22.2 Å². The van der Waals surface area contributed by atoms with Crippen LogP contribution in [0.5, 0.6) is 28.7 Å². The molecule has 5 rings (SSSR count). The highest BCUT2D eigenvalue weighted by atomic mass is 35.5. The van der Waals surface area contributed by atoms with E-state index in [2.05, 4.69) is 0 Å². The Morgan fingerprint density at radius 2 is 1.88 bits per heavy atom. The summed E-state index contributed by atoms with van der Waals surface area (Å²) in [6.07, 6.45) is 0. The molecule has 0 amide bonds. The van der Waals surface area contributed by atoms with Gasteiger partial charge in [0.1, 0.15) is 29.4 Å². The van der Waals surface area contributed by atoms with E-state index in [0.29, 0.717) is 45.6 Å². The maximum atomic E-state index is 13.1.